The number of amides is 2. The summed E-state index contributed by atoms with van der Waals surface area (Å²) in [5, 5.41) is 5.82. The molecule has 0 aromatic heterocycles. The Hall–Kier alpha value is -2.08. The number of piperidine rings is 1. The number of nitrogens with one attached hydrogen (secondary N) is 2. The molecule has 134 valence electrons. The van der Waals surface area contributed by atoms with Crippen LogP contribution in [-0.2, 0) is 9.59 Å². The summed E-state index contributed by atoms with van der Waals surface area (Å²) >= 11 is 0. The van der Waals surface area contributed by atoms with Crippen molar-refractivity contribution in [1.29, 1.82) is 0 Å². The molecule has 6 heteroatoms. The highest BCUT2D eigenvalue weighted by molar-refractivity contribution is 5.98. The van der Waals surface area contributed by atoms with E-state index in [2.05, 4.69) is 15.5 Å². The lowest BCUT2D eigenvalue weighted by Crippen LogP contribution is -2.51. The Bertz CT molecular complexity index is 670. The van der Waals surface area contributed by atoms with Gasteiger partial charge in [-0.25, -0.2) is 0 Å². The molecule has 1 saturated carbocycles. The summed E-state index contributed by atoms with van der Waals surface area (Å²) in [6, 6.07) is 5.91. The number of hydrogen-bond acceptors (Lipinski definition) is 4. The average Bonchev–Trinajstić information content (AvgIpc) is 3.16. The Morgan fingerprint density at radius 1 is 1.16 bits per heavy atom. The number of ether oxygens (including phenoxy) is 1. The molecule has 25 heavy (non-hydrogen) atoms. The highest BCUT2D eigenvalue weighted by atomic mass is 16.5. The predicted octanol–water partition coefficient (Wildman–Crippen LogP) is 2.75. The van der Waals surface area contributed by atoms with Gasteiger partial charge < -0.3 is 15.4 Å². The Morgan fingerprint density at radius 2 is 1.96 bits per heavy atom. The minimum atomic E-state index is -0.154. The van der Waals surface area contributed by atoms with Gasteiger partial charge in [0.1, 0.15) is 5.75 Å². The average molecular weight is 343 g/mol. The van der Waals surface area contributed by atoms with E-state index in [1.54, 1.807) is 12.1 Å². The minimum Gasteiger partial charge on any atom is -0.482 e. The molecule has 1 aromatic carbocycles. The molecule has 3 aliphatic rings. The number of fused-ring (bicyclic) bond motifs is 1. The summed E-state index contributed by atoms with van der Waals surface area (Å²) in [6.45, 7) is 1.05. The van der Waals surface area contributed by atoms with Crippen molar-refractivity contribution in [2.75, 3.05) is 23.8 Å². The van der Waals surface area contributed by atoms with Gasteiger partial charge in [0, 0.05) is 17.8 Å². The highest BCUT2D eigenvalue weighted by Gasteiger charge is 2.34. The standard InChI is InChI=1S/C19H25N3O3/c23-18-12-25-17-11-13(8-9-15(17)21-18)20-19(24)16-7-3-4-10-22(16)14-5-1-2-6-14/h8-9,11,14,16H,1-7,10,12H2,(H,20,24)(H,21,23). The topological polar surface area (TPSA) is 70.7 Å². The Morgan fingerprint density at radius 3 is 2.80 bits per heavy atom. The molecule has 4 rings (SSSR count). The van der Waals surface area contributed by atoms with Gasteiger partial charge in [0.15, 0.2) is 6.61 Å². The summed E-state index contributed by atoms with van der Waals surface area (Å²) < 4.78 is 5.43. The lowest BCUT2D eigenvalue weighted by Gasteiger charge is -2.39. The van der Waals surface area contributed by atoms with Gasteiger partial charge >= 0.3 is 0 Å². The van der Waals surface area contributed by atoms with Crippen molar-refractivity contribution < 1.29 is 14.3 Å². The normalized spacial score (nSPS) is 24.3. The van der Waals surface area contributed by atoms with Gasteiger partial charge in [-0.3, -0.25) is 14.5 Å². The molecule has 1 atom stereocenters. The summed E-state index contributed by atoms with van der Waals surface area (Å²) in [7, 11) is 0. The van der Waals surface area contributed by atoms with Crippen LogP contribution in [-0.4, -0.2) is 41.9 Å². The first-order valence-electron chi connectivity index (χ1n) is 9.34. The van der Waals surface area contributed by atoms with Crippen LogP contribution in [0, 0.1) is 0 Å². The SMILES string of the molecule is O=C1COc2cc(NC(=O)C3CCCCN3C3CCCC3)ccc2N1. The van der Waals surface area contributed by atoms with E-state index in [1.807, 2.05) is 6.07 Å². The molecule has 0 radical (unpaired) electrons. The first kappa shape index (κ1) is 16.4. The minimum absolute atomic E-state index is 0.0164. The molecule has 2 fully saturated rings. The van der Waals surface area contributed by atoms with Gasteiger partial charge in [-0.1, -0.05) is 19.3 Å². The van der Waals surface area contributed by atoms with Gasteiger partial charge in [0.25, 0.3) is 5.91 Å². The number of carbonyl (C=O) groups excluding carboxylic acids is 2. The van der Waals surface area contributed by atoms with Crippen LogP contribution in [0.5, 0.6) is 5.75 Å². The number of carbonyl (C=O) groups is 2. The number of benzene rings is 1. The van der Waals surface area contributed by atoms with E-state index in [4.69, 9.17) is 4.74 Å². The molecular weight excluding hydrogens is 318 g/mol. The van der Waals surface area contributed by atoms with E-state index in [0.717, 1.165) is 25.1 Å². The van der Waals surface area contributed by atoms with E-state index in [-0.39, 0.29) is 24.5 Å². The molecule has 0 spiro atoms. The first-order chi connectivity index (χ1) is 12.2. The molecule has 2 amide bonds. The fraction of sp³-hybridized carbons (Fsp3) is 0.579. The molecule has 2 aliphatic heterocycles. The third kappa shape index (κ3) is 3.49. The van der Waals surface area contributed by atoms with Crippen molar-refractivity contribution in [2.24, 2.45) is 0 Å². The van der Waals surface area contributed by atoms with Crippen LogP contribution in [0.4, 0.5) is 11.4 Å². The van der Waals surface area contributed by atoms with Gasteiger partial charge in [-0.2, -0.15) is 0 Å². The highest BCUT2D eigenvalue weighted by Crippen LogP contribution is 2.32. The molecule has 1 aromatic rings. The van der Waals surface area contributed by atoms with Crippen LogP contribution in [0.15, 0.2) is 18.2 Å². The second-order valence-electron chi connectivity index (χ2n) is 7.22. The van der Waals surface area contributed by atoms with Gasteiger partial charge in [-0.05, 0) is 44.4 Å². The maximum atomic E-state index is 12.9. The van der Waals surface area contributed by atoms with Gasteiger partial charge in [0.05, 0.1) is 11.7 Å². The van der Waals surface area contributed by atoms with Crippen molar-refractivity contribution in [3.05, 3.63) is 18.2 Å². The molecule has 1 unspecified atom stereocenters. The molecule has 1 aliphatic carbocycles. The molecule has 0 bridgehead atoms. The van der Waals surface area contributed by atoms with E-state index < -0.39 is 0 Å². The summed E-state index contributed by atoms with van der Waals surface area (Å²) in [5.74, 6) is 0.527. The molecule has 1 saturated heterocycles. The number of anilines is 2. The van der Waals surface area contributed by atoms with Crippen molar-refractivity contribution >= 4 is 23.2 Å². The van der Waals surface area contributed by atoms with Crippen LogP contribution < -0.4 is 15.4 Å². The predicted molar refractivity (Wildman–Crippen MR) is 95.8 cm³/mol. The zero-order chi connectivity index (χ0) is 17.2. The van der Waals surface area contributed by atoms with Crippen LogP contribution in [0.3, 0.4) is 0 Å². The fourth-order valence-electron chi connectivity index (χ4n) is 4.29. The Balaban J connectivity index is 1.46. The van der Waals surface area contributed by atoms with Crippen molar-refractivity contribution in [2.45, 2.75) is 57.0 Å². The number of hydrogen-bond donors (Lipinski definition) is 2. The molecular formula is C19H25N3O3. The number of nitrogens with zero attached hydrogens (tertiary/aromatic N) is 1. The van der Waals surface area contributed by atoms with E-state index in [1.165, 1.54) is 32.1 Å². The summed E-state index contributed by atoms with van der Waals surface area (Å²) in [6.07, 6.45) is 8.23. The van der Waals surface area contributed by atoms with Crippen LogP contribution in [0.25, 0.3) is 0 Å². The zero-order valence-electron chi connectivity index (χ0n) is 14.4. The Kier molecular flexibility index (Phi) is 4.61. The summed E-state index contributed by atoms with van der Waals surface area (Å²) in [5.41, 5.74) is 1.37. The first-order valence-corrected chi connectivity index (χ1v) is 9.34. The van der Waals surface area contributed by atoms with Crippen LogP contribution in [0.1, 0.15) is 44.9 Å². The molecule has 2 heterocycles. The van der Waals surface area contributed by atoms with Crippen molar-refractivity contribution in [1.82, 2.24) is 4.90 Å². The monoisotopic (exact) mass is 343 g/mol. The fourth-order valence-corrected chi connectivity index (χ4v) is 4.29. The third-order valence-corrected chi connectivity index (χ3v) is 5.52. The van der Waals surface area contributed by atoms with Crippen LogP contribution >= 0.6 is 0 Å². The molecule has 2 N–H and O–H groups in total. The van der Waals surface area contributed by atoms with Crippen molar-refractivity contribution in [3.63, 3.8) is 0 Å². The number of rotatable bonds is 3. The quantitative estimate of drug-likeness (QED) is 0.885. The largest absolute Gasteiger partial charge is 0.482 e. The maximum absolute atomic E-state index is 12.9. The van der Waals surface area contributed by atoms with E-state index in [0.29, 0.717) is 17.5 Å². The van der Waals surface area contributed by atoms with E-state index >= 15 is 0 Å². The Labute approximate surface area is 147 Å². The van der Waals surface area contributed by atoms with Gasteiger partial charge in [0.2, 0.25) is 5.91 Å². The van der Waals surface area contributed by atoms with E-state index in [9.17, 15) is 9.59 Å². The second-order valence-corrected chi connectivity index (χ2v) is 7.22. The van der Waals surface area contributed by atoms with Crippen LogP contribution in [0.2, 0.25) is 0 Å². The third-order valence-electron chi connectivity index (χ3n) is 5.52. The smallest absolute Gasteiger partial charge is 0.262 e. The number of likely N-dealkylation sites (tertiary alicyclic amines) is 1. The van der Waals surface area contributed by atoms with Crippen molar-refractivity contribution in [3.8, 4) is 5.75 Å². The summed E-state index contributed by atoms with van der Waals surface area (Å²) in [4.78, 5) is 26.7. The lowest BCUT2D eigenvalue weighted by molar-refractivity contribution is -0.123. The molecule has 6 nitrogen and oxygen atoms in total. The maximum Gasteiger partial charge on any atom is 0.262 e. The lowest BCUT2D eigenvalue weighted by atomic mass is 9.98. The second kappa shape index (κ2) is 7.04. The zero-order valence-corrected chi connectivity index (χ0v) is 14.4. The van der Waals surface area contributed by atoms with Gasteiger partial charge in [-0.15, -0.1) is 0 Å².